The fraction of sp³-hybridized carbons (Fsp3) is 0.583. The second-order valence-corrected chi connectivity index (χ2v) is 11.3. The number of carbonyl (C=O) groups excluding carboxylic acids is 2. The number of nitrogens with zero attached hydrogens (tertiary/aromatic N) is 2. The summed E-state index contributed by atoms with van der Waals surface area (Å²) in [5, 5.41) is 2.29. The molecule has 0 aromatic heterocycles. The molecular formula is C24H33N3O5S. The molecule has 0 aliphatic carbocycles. The fourth-order valence-corrected chi connectivity index (χ4v) is 7.05. The molecule has 1 aromatic carbocycles. The van der Waals surface area contributed by atoms with Crippen molar-refractivity contribution in [3.63, 3.8) is 0 Å². The Balaban J connectivity index is 1.26. The average Bonchev–Trinajstić information content (AvgIpc) is 3.24. The first kappa shape index (κ1) is 23.9. The van der Waals surface area contributed by atoms with Gasteiger partial charge in [-0.15, -0.1) is 0 Å². The van der Waals surface area contributed by atoms with Gasteiger partial charge in [-0.25, -0.2) is 8.42 Å². The van der Waals surface area contributed by atoms with Gasteiger partial charge in [0.1, 0.15) is 6.23 Å². The summed E-state index contributed by atoms with van der Waals surface area (Å²) >= 11 is 0. The number of carbonyl (C=O) groups is 2. The van der Waals surface area contributed by atoms with E-state index in [2.05, 4.69) is 11.9 Å². The van der Waals surface area contributed by atoms with Crippen LogP contribution in [-0.2, 0) is 30.8 Å². The van der Waals surface area contributed by atoms with E-state index < -0.39 is 21.5 Å². The molecule has 0 radical (unpaired) electrons. The second-order valence-electron chi connectivity index (χ2n) is 9.13. The molecule has 1 N–H and O–H groups in total. The van der Waals surface area contributed by atoms with Crippen molar-refractivity contribution in [2.45, 2.75) is 56.1 Å². The second kappa shape index (κ2) is 10.4. The van der Waals surface area contributed by atoms with E-state index in [4.69, 9.17) is 4.74 Å². The highest BCUT2D eigenvalue weighted by molar-refractivity contribution is 7.89. The van der Waals surface area contributed by atoms with Crippen molar-refractivity contribution in [2.24, 2.45) is 5.92 Å². The number of rotatable bonds is 7. The first-order valence-corrected chi connectivity index (χ1v) is 13.3. The Kier molecular flexibility index (Phi) is 7.51. The number of sulfonamides is 1. The first-order chi connectivity index (χ1) is 15.9. The highest BCUT2D eigenvalue weighted by Gasteiger charge is 2.44. The van der Waals surface area contributed by atoms with E-state index in [0.29, 0.717) is 58.3 Å². The van der Waals surface area contributed by atoms with Crippen LogP contribution in [0.4, 0.5) is 0 Å². The molecule has 3 saturated heterocycles. The molecule has 4 rings (SSSR count). The molecule has 33 heavy (non-hydrogen) atoms. The fourth-order valence-electron chi connectivity index (χ4n) is 5.11. The molecule has 3 unspecified atom stereocenters. The molecule has 9 heteroatoms. The lowest BCUT2D eigenvalue weighted by molar-refractivity contribution is -0.132. The van der Waals surface area contributed by atoms with Crippen molar-refractivity contribution in [3.05, 3.63) is 48.6 Å². The van der Waals surface area contributed by atoms with Crippen molar-refractivity contribution < 1.29 is 22.7 Å². The smallest absolute Gasteiger partial charge is 0.245 e. The minimum atomic E-state index is -3.46. The zero-order valence-corrected chi connectivity index (χ0v) is 19.7. The number of likely N-dealkylation sites (tertiary alicyclic amines) is 1. The summed E-state index contributed by atoms with van der Waals surface area (Å²) in [5.41, 5.74) is 1.13. The Morgan fingerprint density at radius 1 is 1.12 bits per heavy atom. The van der Waals surface area contributed by atoms with Crippen molar-refractivity contribution in [1.29, 1.82) is 0 Å². The highest BCUT2D eigenvalue weighted by atomic mass is 32.2. The number of amides is 2. The lowest BCUT2D eigenvalue weighted by atomic mass is 9.94. The minimum absolute atomic E-state index is 0.0856. The van der Waals surface area contributed by atoms with Crippen LogP contribution in [0.3, 0.4) is 0 Å². The zero-order valence-electron chi connectivity index (χ0n) is 18.9. The maximum absolute atomic E-state index is 13.3. The predicted octanol–water partition coefficient (Wildman–Crippen LogP) is 1.68. The molecule has 180 valence electrons. The van der Waals surface area contributed by atoms with Crippen LogP contribution in [0.5, 0.6) is 0 Å². The molecule has 8 nitrogen and oxygen atoms in total. The third kappa shape index (κ3) is 5.65. The summed E-state index contributed by atoms with van der Waals surface area (Å²) in [6.45, 7) is 5.20. The quantitative estimate of drug-likeness (QED) is 0.606. The number of piperidine rings is 2. The lowest BCUT2D eigenvalue weighted by Gasteiger charge is -2.38. The van der Waals surface area contributed by atoms with E-state index >= 15 is 0 Å². The van der Waals surface area contributed by atoms with Gasteiger partial charge in [0.15, 0.2) is 0 Å². The molecule has 3 fully saturated rings. The summed E-state index contributed by atoms with van der Waals surface area (Å²) in [4.78, 5) is 25.9. The lowest BCUT2D eigenvalue weighted by Crippen LogP contribution is -2.51. The Hall–Kier alpha value is -2.23. The molecule has 0 spiro atoms. The van der Waals surface area contributed by atoms with Crippen molar-refractivity contribution in [1.82, 2.24) is 14.5 Å². The van der Waals surface area contributed by atoms with Gasteiger partial charge in [0.05, 0.1) is 11.4 Å². The van der Waals surface area contributed by atoms with Crippen LogP contribution in [0, 0.1) is 5.92 Å². The number of hydrogen-bond acceptors (Lipinski definition) is 5. The van der Waals surface area contributed by atoms with E-state index in [-0.39, 0.29) is 23.8 Å². The van der Waals surface area contributed by atoms with Crippen molar-refractivity contribution in [2.75, 3.05) is 26.2 Å². The topological polar surface area (TPSA) is 96.0 Å². The van der Waals surface area contributed by atoms with Crippen LogP contribution in [0.25, 0.3) is 0 Å². The van der Waals surface area contributed by atoms with E-state index in [9.17, 15) is 18.0 Å². The number of fused-ring (bicyclic) bond motifs is 1. The number of benzene rings is 1. The van der Waals surface area contributed by atoms with E-state index in [0.717, 1.165) is 12.0 Å². The van der Waals surface area contributed by atoms with Crippen LogP contribution in [0.2, 0.25) is 0 Å². The van der Waals surface area contributed by atoms with E-state index in [1.165, 1.54) is 6.08 Å². The third-order valence-electron chi connectivity index (χ3n) is 7.05. The predicted molar refractivity (Wildman–Crippen MR) is 125 cm³/mol. The Labute approximate surface area is 196 Å². The molecule has 2 amide bonds. The minimum Gasteiger partial charge on any atom is -0.354 e. The van der Waals surface area contributed by atoms with Crippen molar-refractivity contribution >= 4 is 21.8 Å². The number of aryl methyl sites for hydroxylation is 1. The zero-order chi connectivity index (χ0) is 23.4. The third-order valence-corrected chi connectivity index (χ3v) is 9.41. The molecule has 3 aliphatic heterocycles. The van der Waals surface area contributed by atoms with Gasteiger partial charge in [-0.2, -0.15) is 4.31 Å². The maximum atomic E-state index is 13.3. The summed E-state index contributed by atoms with van der Waals surface area (Å²) in [5.74, 6) is 0.0475. The Morgan fingerprint density at radius 2 is 1.85 bits per heavy atom. The maximum Gasteiger partial charge on any atom is 0.245 e. The van der Waals surface area contributed by atoms with Crippen LogP contribution < -0.4 is 5.32 Å². The molecule has 3 atom stereocenters. The normalized spacial score (nSPS) is 26.5. The summed E-state index contributed by atoms with van der Waals surface area (Å²) < 4.78 is 34.1. The molecular weight excluding hydrogens is 442 g/mol. The van der Waals surface area contributed by atoms with Gasteiger partial charge in [0.2, 0.25) is 21.8 Å². The van der Waals surface area contributed by atoms with Gasteiger partial charge in [0, 0.05) is 32.6 Å². The van der Waals surface area contributed by atoms with Crippen LogP contribution in [0.15, 0.2) is 43.0 Å². The SMILES string of the molecule is C=CC(=O)NC1CC2CCN(S(=O)(=O)C3CCN(C(=O)CCc4ccccc4)CC3)CC2O1. The largest absolute Gasteiger partial charge is 0.354 e. The summed E-state index contributed by atoms with van der Waals surface area (Å²) in [7, 11) is -3.46. The average molecular weight is 476 g/mol. The van der Waals surface area contributed by atoms with Gasteiger partial charge in [-0.3, -0.25) is 9.59 Å². The van der Waals surface area contributed by atoms with Gasteiger partial charge < -0.3 is 15.0 Å². The Bertz CT molecular complexity index is 960. The molecule has 3 aliphatic rings. The summed E-state index contributed by atoms with van der Waals surface area (Å²) in [6, 6.07) is 9.91. The van der Waals surface area contributed by atoms with E-state index in [1.807, 2.05) is 30.3 Å². The van der Waals surface area contributed by atoms with Crippen LogP contribution in [0.1, 0.15) is 37.7 Å². The first-order valence-electron chi connectivity index (χ1n) is 11.8. The van der Waals surface area contributed by atoms with Gasteiger partial charge in [0.25, 0.3) is 0 Å². The molecule has 0 bridgehead atoms. The van der Waals surface area contributed by atoms with Crippen LogP contribution >= 0.6 is 0 Å². The van der Waals surface area contributed by atoms with Gasteiger partial charge >= 0.3 is 0 Å². The molecule has 3 heterocycles. The highest BCUT2D eigenvalue weighted by Crippen LogP contribution is 2.34. The van der Waals surface area contributed by atoms with E-state index in [1.54, 1.807) is 9.21 Å². The van der Waals surface area contributed by atoms with Crippen LogP contribution in [-0.4, -0.2) is 73.2 Å². The number of hydrogen-bond donors (Lipinski definition) is 1. The Morgan fingerprint density at radius 3 is 2.55 bits per heavy atom. The van der Waals surface area contributed by atoms with Crippen molar-refractivity contribution in [3.8, 4) is 0 Å². The number of ether oxygens (including phenoxy) is 1. The monoisotopic (exact) mass is 475 g/mol. The standard InChI is InChI=1S/C24H33N3O5S/c1-2-22(28)25-23-16-19-10-15-27(17-21(19)32-23)33(30,31)20-11-13-26(14-12-20)24(29)9-8-18-6-4-3-5-7-18/h2-7,19-21,23H,1,8-17H2,(H,25,28). The summed E-state index contributed by atoms with van der Waals surface area (Å²) in [6.07, 6.45) is 4.09. The molecule has 0 saturated carbocycles. The van der Waals surface area contributed by atoms with Gasteiger partial charge in [-0.1, -0.05) is 36.9 Å². The van der Waals surface area contributed by atoms with Gasteiger partial charge in [-0.05, 0) is 49.7 Å². The molecule has 1 aromatic rings. The number of nitrogens with one attached hydrogen (secondary N) is 1.